The van der Waals surface area contributed by atoms with Gasteiger partial charge < -0.3 is 10.3 Å². The highest BCUT2D eigenvalue weighted by molar-refractivity contribution is 5.90. The number of hydrogen-bond acceptors (Lipinski definition) is 2. The molecule has 3 rings (SSSR count). The van der Waals surface area contributed by atoms with Crippen LogP contribution >= 0.6 is 0 Å². The minimum absolute atomic E-state index is 0.779. The molecule has 0 saturated carbocycles. The molecule has 3 heteroatoms. The molecule has 0 aliphatic rings. The van der Waals surface area contributed by atoms with Gasteiger partial charge in [0.05, 0.1) is 17.7 Å². The van der Waals surface area contributed by atoms with Crippen molar-refractivity contribution < 1.29 is 0 Å². The predicted molar refractivity (Wildman–Crippen MR) is 74.6 cm³/mol. The third-order valence-electron chi connectivity index (χ3n) is 2.99. The number of aromatic nitrogens is 2. The largest absolute Gasteiger partial charge is 0.378 e. The highest BCUT2D eigenvalue weighted by Crippen LogP contribution is 2.22. The summed E-state index contributed by atoms with van der Waals surface area (Å²) in [6.45, 7) is 2.79. The summed E-state index contributed by atoms with van der Waals surface area (Å²) in [4.78, 5) is 7.79. The van der Waals surface area contributed by atoms with Gasteiger partial charge in [0.15, 0.2) is 0 Å². The Hall–Kier alpha value is -2.29. The molecular weight excluding hydrogens is 222 g/mol. The second-order valence-corrected chi connectivity index (χ2v) is 4.38. The summed E-state index contributed by atoms with van der Waals surface area (Å²) in [5, 5.41) is 4.59. The van der Waals surface area contributed by atoms with E-state index in [1.807, 2.05) is 25.3 Å². The smallest absolute Gasteiger partial charge is 0.0936 e. The highest BCUT2D eigenvalue weighted by Gasteiger charge is 2.02. The van der Waals surface area contributed by atoms with Crippen LogP contribution in [-0.4, -0.2) is 9.97 Å². The van der Waals surface area contributed by atoms with E-state index in [1.165, 1.54) is 5.69 Å². The number of hydrogen-bond donors (Lipinski definition) is 2. The summed E-state index contributed by atoms with van der Waals surface area (Å²) in [6.07, 6.45) is 1.93. The fraction of sp³-hybridized carbons (Fsp3) is 0.133. The maximum absolute atomic E-state index is 4.60. The molecule has 0 atom stereocenters. The number of aryl methyl sites for hydroxylation is 1. The van der Waals surface area contributed by atoms with Crippen LogP contribution in [0, 0.1) is 6.92 Å². The van der Waals surface area contributed by atoms with Crippen LogP contribution < -0.4 is 5.32 Å². The van der Waals surface area contributed by atoms with Gasteiger partial charge in [-0.2, -0.15) is 0 Å². The van der Waals surface area contributed by atoms with Crippen LogP contribution in [0.4, 0.5) is 5.69 Å². The minimum Gasteiger partial charge on any atom is -0.378 e. The summed E-state index contributed by atoms with van der Waals surface area (Å²) < 4.78 is 0. The SMILES string of the molecule is Cc1ccc2cccc(NCc3ccc[nH]3)c2n1. The minimum atomic E-state index is 0.779. The van der Waals surface area contributed by atoms with E-state index in [0.717, 1.165) is 28.8 Å². The van der Waals surface area contributed by atoms with Gasteiger partial charge in [-0.25, -0.2) is 0 Å². The lowest BCUT2D eigenvalue weighted by molar-refractivity contribution is 1.07. The van der Waals surface area contributed by atoms with Gasteiger partial charge in [-0.3, -0.25) is 4.98 Å². The second kappa shape index (κ2) is 4.53. The number of anilines is 1. The van der Waals surface area contributed by atoms with Crippen LogP contribution in [0.25, 0.3) is 10.9 Å². The second-order valence-electron chi connectivity index (χ2n) is 4.38. The summed E-state index contributed by atoms with van der Waals surface area (Å²) in [5.41, 5.74) is 4.31. The first kappa shape index (κ1) is 10.8. The average molecular weight is 237 g/mol. The molecule has 0 aliphatic heterocycles. The number of para-hydroxylation sites is 1. The van der Waals surface area contributed by atoms with Crippen molar-refractivity contribution >= 4 is 16.6 Å². The van der Waals surface area contributed by atoms with E-state index in [-0.39, 0.29) is 0 Å². The Labute approximate surface area is 106 Å². The Balaban J connectivity index is 1.93. The zero-order valence-corrected chi connectivity index (χ0v) is 10.3. The van der Waals surface area contributed by atoms with Crippen molar-refractivity contribution in [2.75, 3.05) is 5.32 Å². The summed E-state index contributed by atoms with van der Waals surface area (Å²) in [6, 6.07) is 14.4. The Morgan fingerprint density at radius 2 is 2.06 bits per heavy atom. The van der Waals surface area contributed by atoms with E-state index in [2.05, 4.69) is 45.6 Å². The summed E-state index contributed by atoms with van der Waals surface area (Å²) in [7, 11) is 0. The molecule has 3 aromatic rings. The first-order chi connectivity index (χ1) is 8.83. The Morgan fingerprint density at radius 1 is 1.11 bits per heavy atom. The molecule has 3 nitrogen and oxygen atoms in total. The summed E-state index contributed by atoms with van der Waals surface area (Å²) in [5.74, 6) is 0. The van der Waals surface area contributed by atoms with Crippen LogP contribution in [0.3, 0.4) is 0 Å². The molecular formula is C15H15N3. The molecule has 0 fully saturated rings. The number of pyridine rings is 1. The molecule has 1 aromatic carbocycles. The van der Waals surface area contributed by atoms with Crippen molar-refractivity contribution in [1.29, 1.82) is 0 Å². The molecule has 0 aliphatic carbocycles. The van der Waals surface area contributed by atoms with Crippen LogP contribution in [0.5, 0.6) is 0 Å². The molecule has 0 saturated heterocycles. The van der Waals surface area contributed by atoms with Gasteiger partial charge in [0.25, 0.3) is 0 Å². The van der Waals surface area contributed by atoms with E-state index >= 15 is 0 Å². The molecule has 2 heterocycles. The van der Waals surface area contributed by atoms with Crippen LogP contribution in [0.15, 0.2) is 48.7 Å². The van der Waals surface area contributed by atoms with Crippen LogP contribution in [0.2, 0.25) is 0 Å². The first-order valence-corrected chi connectivity index (χ1v) is 6.05. The Bertz CT molecular complexity index is 657. The third kappa shape index (κ3) is 2.07. The molecule has 0 bridgehead atoms. The molecule has 2 N–H and O–H groups in total. The van der Waals surface area contributed by atoms with Crippen molar-refractivity contribution in [3.8, 4) is 0 Å². The van der Waals surface area contributed by atoms with E-state index < -0.39 is 0 Å². The van der Waals surface area contributed by atoms with Gasteiger partial charge in [0, 0.05) is 23.0 Å². The monoisotopic (exact) mass is 237 g/mol. The number of benzene rings is 1. The zero-order valence-electron chi connectivity index (χ0n) is 10.3. The number of nitrogens with one attached hydrogen (secondary N) is 2. The van der Waals surface area contributed by atoms with Gasteiger partial charge in [0.1, 0.15) is 0 Å². The number of nitrogens with zero attached hydrogens (tertiary/aromatic N) is 1. The lowest BCUT2D eigenvalue weighted by atomic mass is 10.1. The van der Waals surface area contributed by atoms with Gasteiger partial charge in [-0.05, 0) is 31.2 Å². The fourth-order valence-corrected chi connectivity index (χ4v) is 2.06. The topological polar surface area (TPSA) is 40.7 Å². The quantitative estimate of drug-likeness (QED) is 0.732. The van der Waals surface area contributed by atoms with Crippen LogP contribution in [-0.2, 0) is 6.54 Å². The van der Waals surface area contributed by atoms with Crippen molar-refractivity contribution in [2.24, 2.45) is 0 Å². The maximum Gasteiger partial charge on any atom is 0.0936 e. The van der Waals surface area contributed by atoms with Crippen LogP contribution in [0.1, 0.15) is 11.4 Å². The number of fused-ring (bicyclic) bond motifs is 1. The maximum atomic E-state index is 4.60. The molecule has 0 radical (unpaired) electrons. The van der Waals surface area contributed by atoms with Crippen molar-refractivity contribution in [3.05, 3.63) is 60.0 Å². The van der Waals surface area contributed by atoms with Gasteiger partial charge in [-0.15, -0.1) is 0 Å². The zero-order chi connectivity index (χ0) is 12.4. The Kier molecular flexibility index (Phi) is 2.73. The lowest BCUT2D eigenvalue weighted by Crippen LogP contribution is -2.01. The van der Waals surface area contributed by atoms with E-state index in [1.54, 1.807) is 0 Å². The summed E-state index contributed by atoms with van der Waals surface area (Å²) >= 11 is 0. The van der Waals surface area contributed by atoms with Gasteiger partial charge >= 0.3 is 0 Å². The molecule has 18 heavy (non-hydrogen) atoms. The van der Waals surface area contributed by atoms with Crippen molar-refractivity contribution in [2.45, 2.75) is 13.5 Å². The normalized spacial score (nSPS) is 10.7. The van der Waals surface area contributed by atoms with Crippen molar-refractivity contribution in [1.82, 2.24) is 9.97 Å². The van der Waals surface area contributed by atoms with Gasteiger partial charge in [-0.1, -0.05) is 18.2 Å². The average Bonchev–Trinajstić information content (AvgIpc) is 2.89. The molecule has 0 amide bonds. The third-order valence-corrected chi connectivity index (χ3v) is 2.99. The van der Waals surface area contributed by atoms with E-state index in [4.69, 9.17) is 0 Å². The highest BCUT2D eigenvalue weighted by atomic mass is 14.9. The van der Waals surface area contributed by atoms with E-state index in [0.29, 0.717) is 0 Å². The van der Waals surface area contributed by atoms with Crippen molar-refractivity contribution in [3.63, 3.8) is 0 Å². The van der Waals surface area contributed by atoms with E-state index in [9.17, 15) is 0 Å². The molecule has 90 valence electrons. The molecule has 0 spiro atoms. The lowest BCUT2D eigenvalue weighted by Gasteiger charge is -2.08. The number of aromatic amines is 1. The molecule has 2 aromatic heterocycles. The predicted octanol–water partition coefficient (Wildman–Crippen LogP) is 3.48. The van der Waals surface area contributed by atoms with Gasteiger partial charge in [0.2, 0.25) is 0 Å². The number of H-pyrrole nitrogens is 1. The first-order valence-electron chi connectivity index (χ1n) is 6.05. The fourth-order valence-electron chi connectivity index (χ4n) is 2.06. The number of rotatable bonds is 3. The Morgan fingerprint density at radius 3 is 2.89 bits per heavy atom. The standard InChI is InChI=1S/C15H15N3/c1-11-7-8-12-4-2-6-14(15(12)18-11)17-10-13-5-3-9-16-13/h2-9,16-17H,10H2,1H3. The molecule has 0 unspecified atom stereocenters.